The predicted octanol–water partition coefficient (Wildman–Crippen LogP) is 3.38. The van der Waals surface area contributed by atoms with Crippen molar-refractivity contribution in [1.29, 1.82) is 0 Å². The summed E-state index contributed by atoms with van der Waals surface area (Å²) in [7, 11) is 0. The van der Waals surface area contributed by atoms with E-state index in [4.69, 9.17) is 0 Å². The van der Waals surface area contributed by atoms with E-state index in [9.17, 15) is 0 Å². The van der Waals surface area contributed by atoms with Crippen LogP contribution in [0.15, 0.2) is 0 Å². The van der Waals surface area contributed by atoms with Gasteiger partial charge < -0.3 is 0 Å². The van der Waals surface area contributed by atoms with Crippen molar-refractivity contribution in [2.24, 2.45) is 17.8 Å². The summed E-state index contributed by atoms with van der Waals surface area (Å²) in [5.41, 5.74) is 0. The van der Waals surface area contributed by atoms with Gasteiger partial charge in [0.2, 0.25) is 0 Å². The Hall–Kier alpha value is 0.350. The van der Waals surface area contributed by atoms with Crippen molar-refractivity contribution in [3.63, 3.8) is 0 Å². The first-order valence-corrected chi connectivity index (χ1v) is 5.36. The molecule has 0 aromatic rings. The highest BCUT2D eigenvalue weighted by molar-refractivity contribution is 7.81. The van der Waals surface area contributed by atoms with Crippen molar-refractivity contribution < 1.29 is 0 Å². The van der Waals surface area contributed by atoms with E-state index >= 15 is 0 Å². The van der Waals surface area contributed by atoms with Crippen LogP contribution in [0.1, 0.15) is 40.0 Å². The van der Waals surface area contributed by atoms with Crippen LogP contribution in [0.3, 0.4) is 0 Å². The van der Waals surface area contributed by atoms with Crippen LogP contribution in [0.2, 0.25) is 0 Å². The highest BCUT2D eigenvalue weighted by Crippen LogP contribution is 2.38. The standard InChI is InChI=1S/C10H20S/c1-4-9-8(3)7(2)5-6-10(9)11/h7-11H,4-6H2,1-3H3/t7?,8-,9?,10?/m1/s1. The molecule has 0 amide bonds. The van der Waals surface area contributed by atoms with Gasteiger partial charge in [-0.3, -0.25) is 0 Å². The molecule has 1 aliphatic rings. The van der Waals surface area contributed by atoms with Gasteiger partial charge in [0, 0.05) is 5.25 Å². The molecule has 3 unspecified atom stereocenters. The van der Waals surface area contributed by atoms with Crippen molar-refractivity contribution in [1.82, 2.24) is 0 Å². The highest BCUT2D eigenvalue weighted by atomic mass is 32.1. The quantitative estimate of drug-likeness (QED) is 0.576. The van der Waals surface area contributed by atoms with Gasteiger partial charge in [0.15, 0.2) is 0 Å². The second kappa shape index (κ2) is 3.84. The SMILES string of the molecule is CCC1C(S)CCC(C)[C@H]1C. The minimum absolute atomic E-state index is 0.672. The summed E-state index contributed by atoms with van der Waals surface area (Å²) in [5, 5.41) is 0.672. The zero-order valence-corrected chi connectivity index (χ0v) is 8.77. The Balaban J connectivity index is 2.55. The summed E-state index contributed by atoms with van der Waals surface area (Å²) in [5.74, 6) is 2.67. The molecule has 11 heavy (non-hydrogen) atoms. The van der Waals surface area contributed by atoms with Crippen molar-refractivity contribution >= 4 is 12.6 Å². The summed E-state index contributed by atoms with van der Waals surface area (Å²) in [6.07, 6.45) is 4.01. The van der Waals surface area contributed by atoms with Crippen LogP contribution < -0.4 is 0 Å². The van der Waals surface area contributed by atoms with Crippen molar-refractivity contribution in [3.05, 3.63) is 0 Å². The zero-order chi connectivity index (χ0) is 8.43. The molecule has 66 valence electrons. The van der Waals surface area contributed by atoms with Crippen molar-refractivity contribution in [2.75, 3.05) is 0 Å². The number of hydrogen-bond acceptors (Lipinski definition) is 1. The molecule has 1 saturated carbocycles. The molecule has 1 aliphatic carbocycles. The molecular weight excluding hydrogens is 152 g/mol. The van der Waals surface area contributed by atoms with E-state index < -0.39 is 0 Å². The van der Waals surface area contributed by atoms with E-state index in [0.717, 1.165) is 17.8 Å². The summed E-state index contributed by atoms with van der Waals surface area (Å²) >= 11 is 4.64. The third-order valence-electron chi connectivity index (χ3n) is 3.46. The fourth-order valence-electron chi connectivity index (χ4n) is 2.33. The van der Waals surface area contributed by atoms with Crippen LogP contribution in [0.4, 0.5) is 0 Å². The first kappa shape index (κ1) is 9.44. The molecule has 0 aromatic heterocycles. The molecule has 0 nitrogen and oxygen atoms in total. The molecule has 0 radical (unpaired) electrons. The first-order chi connectivity index (χ1) is 5.16. The average molecular weight is 172 g/mol. The van der Waals surface area contributed by atoms with E-state index in [2.05, 4.69) is 33.4 Å². The maximum absolute atomic E-state index is 4.64. The Morgan fingerprint density at radius 2 is 1.91 bits per heavy atom. The fourth-order valence-corrected chi connectivity index (χ4v) is 2.96. The first-order valence-electron chi connectivity index (χ1n) is 4.84. The van der Waals surface area contributed by atoms with E-state index in [1.54, 1.807) is 0 Å². The lowest BCUT2D eigenvalue weighted by molar-refractivity contribution is 0.186. The minimum Gasteiger partial charge on any atom is -0.176 e. The molecular formula is C10H20S. The largest absolute Gasteiger partial charge is 0.176 e. The normalized spacial score (nSPS) is 45.8. The Morgan fingerprint density at radius 3 is 2.36 bits per heavy atom. The van der Waals surface area contributed by atoms with Crippen molar-refractivity contribution in [2.45, 2.75) is 45.3 Å². The van der Waals surface area contributed by atoms with Gasteiger partial charge in [-0.15, -0.1) is 0 Å². The van der Waals surface area contributed by atoms with Gasteiger partial charge in [0.05, 0.1) is 0 Å². The highest BCUT2D eigenvalue weighted by Gasteiger charge is 2.31. The third-order valence-corrected chi connectivity index (χ3v) is 4.10. The van der Waals surface area contributed by atoms with Crippen LogP contribution in [0, 0.1) is 17.8 Å². The van der Waals surface area contributed by atoms with Gasteiger partial charge in [-0.05, 0) is 30.6 Å². The van der Waals surface area contributed by atoms with E-state index in [-0.39, 0.29) is 0 Å². The van der Waals surface area contributed by atoms with E-state index in [1.165, 1.54) is 19.3 Å². The Kier molecular flexibility index (Phi) is 3.29. The van der Waals surface area contributed by atoms with E-state index in [1.807, 2.05) is 0 Å². The van der Waals surface area contributed by atoms with Gasteiger partial charge in [0.25, 0.3) is 0 Å². The molecule has 0 aromatic carbocycles. The zero-order valence-electron chi connectivity index (χ0n) is 7.88. The molecule has 1 fully saturated rings. The number of thiol groups is 1. The van der Waals surface area contributed by atoms with Crippen LogP contribution in [0.25, 0.3) is 0 Å². The molecule has 0 heterocycles. The van der Waals surface area contributed by atoms with Crippen LogP contribution in [-0.2, 0) is 0 Å². The van der Waals surface area contributed by atoms with Crippen LogP contribution in [0.5, 0.6) is 0 Å². The van der Waals surface area contributed by atoms with Crippen LogP contribution >= 0.6 is 12.6 Å². The fraction of sp³-hybridized carbons (Fsp3) is 1.00. The third kappa shape index (κ3) is 1.93. The van der Waals surface area contributed by atoms with Crippen molar-refractivity contribution in [3.8, 4) is 0 Å². The van der Waals surface area contributed by atoms with Gasteiger partial charge >= 0.3 is 0 Å². The monoisotopic (exact) mass is 172 g/mol. The van der Waals surface area contributed by atoms with Gasteiger partial charge in [-0.2, -0.15) is 12.6 Å². The lowest BCUT2D eigenvalue weighted by atomic mass is 9.72. The maximum atomic E-state index is 4.64. The summed E-state index contributed by atoms with van der Waals surface area (Å²) < 4.78 is 0. The molecule has 0 aliphatic heterocycles. The molecule has 1 rings (SSSR count). The molecule has 0 spiro atoms. The summed E-state index contributed by atoms with van der Waals surface area (Å²) in [6.45, 7) is 7.07. The number of hydrogen-bond donors (Lipinski definition) is 1. The molecule has 0 N–H and O–H groups in total. The molecule has 1 heteroatoms. The Morgan fingerprint density at radius 1 is 1.27 bits per heavy atom. The Labute approximate surface area is 76.2 Å². The molecule has 0 bridgehead atoms. The lowest BCUT2D eigenvalue weighted by Crippen LogP contribution is -2.31. The second-order valence-corrected chi connectivity index (χ2v) is 4.72. The van der Waals surface area contributed by atoms with Gasteiger partial charge in [-0.1, -0.05) is 27.2 Å². The summed E-state index contributed by atoms with van der Waals surface area (Å²) in [4.78, 5) is 0. The lowest BCUT2D eigenvalue weighted by Gasteiger charge is -2.37. The summed E-state index contributed by atoms with van der Waals surface area (Å²) in [6, 6.07) is 0. The topological polar surface area (TPSA) is 0 Å². The number of rotatable bonds is 1. The predicted molar refractivity (Wildman–Crippen MR) is 54.1 cm³/mol. The smallest absolute Gasteiger partial charge is 0.00477 e. The van der Waals surface area contributed by atoms with Crippen LogP contribution in [-0.4, -0.2) is 5.25 Å². The average Bonchev–Trinajstić information content (AvgIpc) is 1.99. The molecule has 4 atom stereocenters. The van der Waals surface area contributed by atoms with E-state index in [0.29, 0.717) is 5.25 Å². The Bertz CT molecular complexity index is 122. The maximum Gasteiger partial charge on any atom is 0.00477 e. The van der Waals surface area contributed by atoms with Gasteiger partial charge in [-0.25, -0.2) is 0 Å². The van der Waals surface area contributed by atoms with Gasteiger partial charge in [0.1, 0.15) is 0 Å². The molecule has 0 saturated heterocycles. The second-order valence-electron chi connectivity index (χ2n) is 4.05. The minimum atomic E-state index is 0.672.